The normalized spacial score (nSPS) is 16.6. The van der Waals surface area contributed by atoms with Crippen molar-refractivity contribution in [3.8, 4) is 0 Å². The number of piperazine rings is 1. The van der Waals surface area contributed by atoms with Crippen molar-refractivity contribution < 1.29 is 4.79 Å². The Balaban J connectivity index is 1.62. The highest BCUT2D eigenvalue weighted by Crippen LogP contribution is 2.37. The quantitative estimate of drug-likeness (QED) is 0.668. The third kappa shape index (κ3) is 3.74. The molecule has 3 heterocycles. The molecule has 1 unspecified atom stereocenters. The summed E-state index contributed by atoms with van der Waals surface area (Å²) in [5.74, 6) is 0.382. The summed E-state index contributed by atoms with van der Waals surface area (Å²) in [6, 6.07) is 10.8. The van der Waals surface area contributed by atoms with E-state index < -0.39 is 0 Å². The van der Waals surface area contributed by atoms with Gasteiger partial charge in [-0.05, 0) is 35.5 Å². The SMILES string of the molecule is CCc1cccc2c(C(CC(=O)N3CCN(CC)CC3)c3cccs3)c[nH]c12. The van der Waals surface area contributed by atoms with Crippen molar-refractivity contribution in [2.45, 2.75) is 32.6 Å². The molecule has 28 heavy (non-hydrogen) atoms. The number of hydrogen-bond donors (Lipinski definition) is 1. The van der Waals surface area contributed by atoms with E-state index in [0.29, 0.717) is 6.42 Å². The van der Waals surface area contributed by atoms with E-state index in [2.05, 4.69) is 70.5 Å². The Hall–Kier alpha value is -2.11. The maximum Gasteiger partial charge on any atom is 0.223 e. The summed E-state index contributed by atoms with van der Waals surface area (Å²) < 4.78 is 0. The summed E-state index contributed by atoms with van der Waals surface area (Å²) in [4.78, 5) is 22.4. The number of aromatic amines is 1. The molecule has 148 valence electrons. The van der Waals surface area contributed by atoms with Crippen LogP contribution in [0, 0.1) is 0 Å². The second-order valence-corrected chi connectivity index (χ2v) is 8.50. The van der Waals surface area contributed by atoms with Crippen molar-refractivity contribution in [3.05, 3.63) is 57.9 Å². The van der Waals surface area contributed by atoms with Crippen LogP contribution in [0.1, 0.15) is 42.2 Å². The number of H-pyrrole nitrogens is 1. The topological polar surface area (TPSA) is 39.3 Å². The highest BCUT2D eigenvalue weighted by Gasteiger charge is 2.27. The summed E-state index contributed by atoms with van der Waals surface area (Å²) in [6.07, 6.45) is 3.66. The molecule has 1 aliphatic heterocycles. The van der Waals surface area contributed by atoms with Crippen LogP contribution in [0.15, 0.2) is 41.9 Å². The molecule has 1 saturated heterocycles. The molecular formula is C23H29N3OS. The fourth-order valence-electron chi connectivity index (χ4n) is 4.29. The highest BCUT2D eigenvalue weighted by molar-refractivity contribution is 7.10. The Kier molecular flexibility index (Phi) is 5.83. The second-order valence-electron chi connectivity index (χ2n) is 7.52. The molecule has 1 fully saturated rings. The average molecular weight is 396 g/mol. The van der Waals surface area contributed by atoms with Gasteiger partial charge in [0.2, 0.25) is 5.91 Å². The Bertz CT molecular complexity index is 923. The Morgan fingerprint density at radius 1 is 1.14 bits per heavy atom. The number of fused-ring (bicyclic) bond motifs is 1. The molecule has 4 rings (SSSR count). The fourth-order valence-corrected chi connectivity index (χ4v) is 5.14. The molecule has 1 aliphatic rings. The van der Waals surface area contributed by atoms with Gasteiger partial charge in [0.25, 0.3) is 0 Å². The highest BCUT2D eigenvalue weighted by atomic mass is 32.1. The second kappa shape index (κ2) is 8.50. The first-order valence-electron chi connectivity index (χ1n) is 10.3. The van der Waals surface area contributed by atoms with Gasteiger partial charge in [-0.2, -0.15) is 0 Å². The summed E-state index contributed by atoms with van der Waals surface area (Å²) >= 11 is 1.75. The number of thiophene rings is 1. The number of amides is 1. The van der Waals surface area contributed by atoms with Gasteiger partial charge in [-0.3, -0.25) is 4.79 Å². The molecule has 1 aromatic carbocycles. The molecule has 1 atom stereocenters. The lowest BCUT2D eigenvalue weighted by molar-refractivity contribution is -0.133. The standard InChI is InChI=1S/C23H29N3OS/c1-3-17-7-5-8-18-20(16-24-23(17)18)19(21-9-6-14-28-21)15-22(27)26-12-10-25(4-2)11-13-26/h5-9,14,16,19,24H,3-4,10-13,15H2,1-2H3. The molecule has 5 heteroatoms. The van der Waals surface area contributed by atoms with E-state index in [4.69, 9.17) is 0 Å². The number of rotatable bonds is 6. The Morgan fingerprint density at radius 3 is 2.64 bits per heavy atom. The molecule has 0 spiro atoms. The number of carbonyl (C=O) groups is 1. The maximum atomic E-state index is 13.2. The minimum absolute atomic E-state index is 0.109. The van der Waals surface area contributed by atoms with Gasteiger partial charge in [-0.1, -0.05) is 38.1 Å². The summed E-state index contributed by atoms with van der Waals surface area (Å²) in [7, 11) is 0. The summed E-state index contributed by atoms with van der Waals surface area (Å²) in [6.45, 7) is 9.10. The molecule has 0 saturated carbocycles. The molecule has 0 bridgehead atoms. The molecular weight excluding hydrogens is 366 g/mol. The first kappa shape index (κ1) is 19.2. The third-order valence-corrected chi connectivity index (χ3v) is 7.01. The van der Waals surface area contributed by atoms with Crippen LogP contribution in [0.2, 0.25) is 0 Å². The van der Waals surface area contributed by atoms with Crippen LogP contribution >= 0.6 is 11.3 Å². The van der Waals surface area contributed by atoms with Gasteiger partial charge in [-0.15, -0.1) is 11.3 Å². The van der Waals surface area contributed by atoms with Crippen molar-refractivity contribution >= 4 is 28.1 Å². The number of aromatic nitrogens is 1. The van der Waals surface area contributed by atoms with Gasteiger partial charge in [-0.25, -0.2) is 0 Å². The smallest absolute Gasteiger partial charge is 0.223 e. The summed E-state index contributed by atoms with van der Waals surface area (Å²) in [5, 5.41) is 3.36. The zero-order valence-corrected chi connectivity index (χ0v) is 17.6. The van der Waals surface area contributed by atoms with Crippen LogP contribution in [-0.4, -0.2) is 53.4 Å². The van der Waals surface area contributed by atoms with E-state index in [1.165, 1.54) is 26.9 Å². The van der Waals surface area contributed by atoms with E-state index in [1.807, 2.05) is 0 Å². The largest absolute Gasteiger partial charge is 0.361 e. The molecule has 1 N–H and O–H groups in total. The van der Waals surface area contributed by atoms with E-state index in [0.717, 1.165) is 39.1 Å². The van der Waals surface area contributed by atoms with Gasteiger partial charge in [0.15, 0.2) is 0 Å². The fraction of sp³-hybridized carbons (Fsp3) is 0.435. The van der Waals surface area contributed by atoms with Gasteiger partial charge in [0, 0.05) is 60.5 Å². The van der Waals surface area contributed by atoms with Gasteiger partial charge < -0.3 is 14.8 Å². The van der Waals surface area contributed by atoms with Crippen LogP contribution in [-0.2, 0) is 11.2 Å². The van der Waals surface area contributed by atoms with Crippen molar-refractivity contribution in [3.63, 3.8) is 0 Å². The van der Waals surface area contributed by atoms with Crippen LogP contribution in [0.3, 0.4) is 0 Å². The van der Waals surface area contributed by atoms with Crippen LogP contribution in [0.5, 0.6) is 0 Å². The van der Waals surface area contributed by atoms with Crippen LogP contribution in [0.25, 0.3) is 10.9 Å². The number of aryl methyl sites for hydroxylation is 1. The molecule has 1 amide bonds. The lowest BCUT2D eigenvalue weighted by Crippen LogP contribution is -2.48. The molecule has 0 aliphatic carbocycles. The van der Waals surface area contributed by atoms with Crippen molar-refractivity contribution in [2.24, 2.45) is 0 Å². The predicted octanol–water partition coefficient (Wildman–Crippen LogP) is 4.48. The minimum atomic E-state index is 0.109. The number of benzene rings is 1. The van der Waals surface area contributed by atoms with Gasteiger partial charge in [0.05, 0.1) is 0 Å². The van der Waals surface area contributed by atoms with Gasteiger partial charge in [0.1, 0.15) is 0 Å². The lowest BCUT2D eigenvalue weighted by atomic mass is 9.92. The first-order valence-corrected chi connectivity index (χ1v) is 11.2. The average Bonchev–Trinajstić information content (AvgIpc) is 3.42. The molecule has 4 nitrogen and oxygen atoms in total. The number of carbonyl (C=O) groups excluding carboxylic acids is 1. The van der Waals surface area contributed by atoms with Crippen molar-refractivity contribution in [1.82, 2.24) is 14.8 Å². The summed E-state index contributed by atoms with van der Waals surface area (Å²) in [5.41, 5.74) is 3.79. The number of hydrogen-bond acceptors (Lipinski definition) is 3. The number of nitrogens with zero attached hydrogens (tertiary/aromatic N) is 2. The molecule has 0 radical (unpaired) electrons. The number of para-hydroxylation sites is 1. The number of nitrogens with one attached hydrogen (secondary N) is 1. The third-order valence-electron chi connectivity index (χ3n) is 6.03. The predicted molar refractivity (Wildman–Crippen MR) is 117 cm³/mol. The van der Waals surface area contributed by atoms with E-state index >= 15 is 0 Å². The van der Waals surface area contributed by atoms with Crippen molar-refractivity contribution in [2.75, 3.05) is 32.7 Å². The van der Waals surface area contributed by atoms with Crippen LogP contribution < -0.4 is 0 Å². The zero-order chi connectivity index (χ0) is 19.5. The first-order chi connectivity index (χ1) is 13.7. The van der Waals surface area contributed by atoms with Crippen molar-refractivity contribution in [1.29, 1.82) is 0 Å². The Morgan fingerprint density at radius 2 is 1.96 bits per heavy atom. The molecule has 2 aromatic heterocycles. The molecule has 3 aromatic rings. The van der Waals surface area contributed by atoms with Gasteiger partial charge >= 0.3 is 0 Å². The van der Waals surface area contributed by atoms with E-state index in [1.54, 1.807) is 11.3 Å². The monoisotopic (exact) mass is 395 g/mol. The number of likely N-dealkylation sites (N-methyl/N-ethyl adjacent to an activating group) is 1. The Labute approximate surface area is 171 Å². The maximum absolute atomic E-state index is 13.2. The van der Waals surface area contributed by atoms with E-state index in [9.17, 15) is 4.79 Å². The zero-order valence-electron chi connectivity index (χ0n) is 16.8. The lowest BCUT2D eigenvalue weighted by Gasteiger charge is -2.34. The van der Waals surface area contributed by atoms with E-state index in [-0.39, 0.29) is 11.8 Å². The minimum Gasteiger partial charge on any atom is -0.361 e. The van der Waals surface area contributed by atoms with Crippen LogP contribution in [0.4, 0.5) is 0 Å².